The summed E-state index contributed by atoms with van der Waals surface area (Å²) in [5, 5.41) is 18.4. The van der Waals surface area contributed by atoms with Gasteiger partial charge in [0.1, 0.15) is 17.8 Å². The van der Waals surface area contributed by atoms with Crippen molar-refractivity contribution in [3.05, 3.63) is 23.2 Å². The first-order chi connectivity index (χ1) is 18.2. The highest BCUT2D eigenvalue weighted by atomic mass is 35.5. The third-order valence-corrected chi connectivity index (χ3v) is 10.6. The Hall–Kier alpha value is -3.02. The van der Waals surface area contributed by atoms with Crippen molar-refractivity contribution in [3.63, 3.8) is 0 Å². The lowest BCUT2D eigenvalue weighted by Crippen LogP contribution is -2.61. The number of methoxy groups -OCH3 is 1. The minimum absolute atomic E-state index is 0.171. The summed E-state index contributed by atoms with van der Waals surface area (Å²) in [6, 6.07) is 5.54. The van der Waals surface area contributed by atoms with Crippen molar-refractivity contribution in [3.8, 4) is 11.8 Å². The molecule has 1 aromatic carbocycles. The maximum atomic E-state index is 13.7. The maximum Gasteiger partial charge on any atom is 0.310 e. The molecule has 11 nitrogen and oxygen atoms in total. The van der Waals surface area contributed by atoms with Crippen molar-refractivity contribution in [2.45, 2.75) is 35.3 Å². The Morgan fingerprint density at radius 1 is 1.26 bits per heavy atom. The highest BCUT2D eigenvalue weighted by Crippen LogP contribution is 2.68. The first kappa shape index (κ1) is 29.0. The van der Waals surface area contributed by atoms with Crippen LogP contribution in [0.5, 0.6) is 5.75 Å². The number of nitrogens with zero attached hydrogens (tertiary/aromatic N) is 2. The second kappa shape index (κ2) is 9.87. The first-order valence-corrected chi connectivity index (χ1v) is 13.8. The number of hydrogen-bond donors (Lipinski definition) is 2. The molecule has 1 heterocycles. The molecule has 15 heteroatoms. The summed E-state index contributed by atoms with van der Waals surface area (Å²) in [4.78, 5) is 38.7. The quantitative estimate of drug-likeness (QED) is 0.383. The van der Waals surface area contributed by atoms with Crippen molar-refractivity contribution in [1.29, 1.82) is 5.26 Å². The SMILES string of the molecule is COCCOc1ccc(S(=O)(=O)[C@@H]2C[C@@H](C(=O)N3CC(F)(F)C3)[C@](C(=O)O)(C3CC3(C#N)C(N)=O)C2)c(Cl)c1. The molecule has 1 saturated heterocycles. The van der Waals surface area contributed by atoms with Gasteiger partial charge in [0.2, 0.25) is 11.8 Å². The number of likely N-dealkylation sites (tertiary alicyclic amines) is 1. The Morgan fingerprint density at radius 3 is 2.41 bits per heavy atom. The first-order valence-electron chi connectivity index (χ1n) is 11.9. The number of halogens is 3. The number of carboxylic acid groups (broad SMARTS) is 1. The lowest BCUT2D eigenvalue weighted by Gasteiger charge is -2.42. The van der Waals surface area contributed by atoms with Gasteiger partial charge in [0.15, 0.2) is 9.84 Å². The second-order valence-electron chi connectivity index (χ2n) is 10.2. The Kier molecular flexibility index (Phi) is 7.33. The number of amides is 2. The molecule has 39 heavy (non-hydrogen) atoms. The lowest BCUT2D eigenvalue weighted by atomic mass is 9.70. The number of sulfone groups is 1. The predicted molar refractivity (Wildman–Crippen MR) is 129 cm³/mol. The van der Waals surface area contributed by atoms with E-state index in [0.717, 1.165) is 4.90 Å². The van der Waals surface area contributed by atoms with Crippen molar-refractivity contribution in [2.75, 3.05) is 33.4 Å². The summed E-state index contributed by atoms with van der Waals surface area (Å²) in [6.07, 6.45) is -1.48. The molecule has 3 aliphatic rings. The topological polar surface area (TPSA) is 177 Å². The monoisotopic (exact) mass is 589 g/mol. The fourth-order valence-electron chi connectivity index (χ4n) is 5.85. The molecule has 3 N–H and O–H groups in total. The smallest absolute Gasteiger partial charge is 0.310 e. The van der Waals surface area contributed by atoms with Gasteiger partial charge in [0, 0.05) is 19.1 Å². The number of hydrogen-bond acceptors (Lipinski definition) is 8. The molecule has 4 rings (SSSR count). The second-order valence-corrected chi connectivity index (χ2v) is 12.8. The van der Waals surface area contributed by atoms with E-state index in [4.69, 9.17) is 26.8 Å². The number of benzene rings is 1. The van der Waals surface area contributed by atoms with Crippen LogP contribution in [0.25, 0.3) is 0 Å². The maximum absolute atomic E-state index is 13.7. The number of ether oxygens (including phenoxy) is 2. The summed E-state index contributed by atoms with van der Waals surface area (Å²) in [5.41, 5.74) is 1.27. The zero-order chi connectivity index (χ0) is 29.0. The zero-order valence-electron chi connectivity index (χ0n) is 20.7. The molecule has 0 aromatic heterocycles. The normalized spacial score (nSPS) is 31.2. The van der Waals surface area contributed by atoms with Crippen molar-refractivity contribution in [1.82, 2.24) is 4.90 Å². The van der Waals surface area contributed by atoms with E-state index in [2.05, 4.69) is 0 Å². The van der Waals surface area contributed by atoms with Gasteiger partial charge < -0.3 is 25.2 Å². The molecule has 212 valence electrons. The van der Waals surface area contributed by atoms with Crippen LogP contribution in [0.4, 0.5) is 8.78 Å². The fraction of sp³-hybridized carbons (Fsp3) is 0.583. The number of carbonyl (C=O) groups excluding carboxylic acids is 2. The summed E-state index contributed by atoms with van der Waals surface area (Å²) in [5.74, 6) is -9.47. The molecule has 1 aliphatic heterocycles. The number of aliphatic carboxylic acids is 1. The van der Waals surface area contributed by atoms with Crippen LogP contribution in [0.1, 0.15) is 19.3 Å². The minimum atomic E-state index is -4.38. The van der Waals surface area contributed by atoms with Crippen LogP contribution < -0.4 is 10.5 Å². The Bertz CT molecular complexity index is 1360. The predicted octanol–water partition coefficient (Wildman–Crippen LogP) is 1.48. The molecule has 2 unspecified atom stereocenters. The largest absolute Gasteiger partial charge is 0.491 e. The number of primary amides is 1. The molecular weight excluding hydrogens is 564 g/mol. The number of nitrogens with two attached hydrogens (primary N) is 1. The lowest BCUT2D eigenvalue weighted by molar-refractivity contribution is -0.177. The molecule has 5 atom stereocenters. The van der Waals surface area contributed by atoms with E-state index in [1.807, 2.05) is 0 Å². The van der Waals surface area contributed by atoms with Gasteiger partial charge in [-0.25, -0.2) is 17.2 Å². The molecule has 0 spiro atoms. The van der Waals surface area contributed by atoms with E-state index in [9.17, 15) is 42.0 Å². The molecule has 1 aromatic rings. The van der Waals surface area contributed by atoms with Gasteiger partial charge in [-0.2, -0.15) is 5.26 Å². The van der Waals surface area contributed by atoms with Gasteiger partial charge in [0.25, 0.3) is 5.92 Å². The number of rotatable bonds is 10. The third kappa shape index (κ3) is 4.70. The van der Waals surface area contributed by atoms with Gasteiger partial charge >= 0.3 is 5.97 Å². The van der Waals surface area contributed by atoms with Crippen LogP contribution in [-0.4, -0.2) is 80.8 Å². The zero-order valence-corrected chi connectivity index (χ0v) is 22.3. The molecule has 3 fully saturated rings. The van der Waals surface area contributed by atoms with Crippen LogP contribution in [0.15, 0.2) is 23.1 Å². The van der Waals surface area contributed by atoms with Gasteiger partial charge in [-0.15, -0.1) is 0 Å². The number of carboxylic acids is 1. The van der Waals surface area contributed by atoms with Gasteiger partial charge in [0.05, 0.1) is 52.3 Å². The summed E-state index contributed by atoms with van der Waals surface area (Å²) < 4.78 is 64.9. The number of carbonyl (C=O) groups is 3. The van der Waals surface area contributed by atoms with E-state index < -0.39 is 87.4 Å². The Labute approximate surface area is 227 Å². The minimum Gasteiger partial charge on any atom is -0.491 e. The van der Waals surface area contributed by atoms with E-state index in [0.29, 0.717) is 0 Å². The summed E-state index contributed by atoms with van der Waals surface area (Å²) in [7, 11) is -2.91. The number of alkyl halides is 2. The summed E-state index contributed by atoms with van der Waals surface area (Å²) in [6.45, 7) is -1.46. The Balaban J connectivity index is 1.72. The molecule has 0 bridgehead atoms. The van der Waals surface area contributed by atoms with Crippen molar-refractivity contribution < 1.29 is 46.2 Å². The van der Waals surface area contributed by atoms with Crippen LogP contribution in [-0.2, 0) is 29.0 Å². The standard InChI is InChI=1S/C24H26ClF2N3O8S/c1-37-4-5-38-13-2-3-17(16(25)6-13)39(35,36)14-7-15(19(31)30-11-23(26,27)12-30)24(8-14,21(33)34)18-9-22(18,10-28)20(29)32/h2-3,6,14-15,18H,4-5,7-9,11-12H2,1H3,(H2,29,32)(H,33,34)/t14-,15+,18?,22?,24+/m1/s1. The highest BCUT2D eigenvalue weighted by Gasteiger charge is 2.76. The number of nitriles is 1. The Morgan fingerprint density at radius 2 is 1.92 bits per heavy atom. The van der Waals surface area contributed by atoms with Gasteiger partial charge in [-0.1, -0.05) is 11.6 Å². The van der Waals surface area contributed by atoms with Crippen LogP contribution in [0.2, 0.25) is 5.02 Å². The van der Waals surface area contributed by atoms with Gasteiger partial charge in [-0.05, 0) is 31.4 Å². The average molecular weight is 590 g/mol. The molecule has 2 amide bonds. The molecule has 2 saturated carbocycles. The van der Waals surface area contributed by atoms with Crippen LogP contribution >= 0.6 is 11.6 Å². The van der Waals surface area contributed by atoms with E-state index in [-0.39, 0.29) is 35.3 Å². The molecular formula is C24H26ClF2N3O8S. The summed E-state index contributed by atoms with van der Waals surface area (Å²) >= 11 is 6.27. The van der Waals surface area contributed by atoms with E-state index in [1.54, 1.807) is 6.07 Å². The average Bonchev–Trinajstić information content (AvgIpc) is 3.46. The van der Waals surface area contributed by atoms with Crippen LogP contribution in [0.3, 0.4) is 0 Å². The fourth-order valence-corrected chi connectivity index (χ4v) is 8.23. The van der Waals surface area contributed by atoms with Crippen molar-refractivity contribution >= 4 is 39.2 Å². The van der Waals surface area contributed by atoms with Gasteiger partial charge in [-0.3, -0.25) is 14.4 Å². The molecule has 2 aliphatic carbocycles. The highest BCUT2D eigenvalue weighted by molar-refractivity contribution is 7.92. The van der Waals surface area contributed by atoms with Crippen LogP contribution in [0, 0.1) is 34.0 Å². The van der Waals surface area contributed by atoms with E-state index in [1.165, 1.54) is 25.3 Å². The molecule has 0 radical (unpaired) electrons. The van der Waals surface area contributed by atoms with Crippen molar-refractivity contribution in [2.24, 2.45) is 28.4 Å². The van der Waals surface area contributed by atoms with E-state index >= 15 is 0 Å². The third-order valence-electron chi connectivity index (χ3n) is 7.96.